The van der Waals surface area contributed by atoms with Crippen molar-refractivity contribution in [1.82, 2.24) is 25.2 Å². The molecular weight excluding hydrogens is 458 g/mol. The molecule has 9 heteroatoms. The zero-order chi connectivity index (χ0) is 26.1. The summed E-state index contributed by atoms with van der Waals surface area (Å²) in [6.07, 6.45) is 1.71. The van der Waals surface area contributed by atoms with Gasteiger partial charge in [-0.25, -0.2) is 9.48 Å². The van der Waals surface area contributed by atoms with E-state index in [1.165, 1.54) is 4.68 Å². The number of aliphatic carboxylic acids is 1. The van der Waals surface area contributed by atoms with Gasteiger partial charge in [-0.3, -0.25) is 0 Å². The van der Waals surface area contributed by atoms with Crippen molar-refractivity contribution < 1.29 is 19.4 Å². The number of ether oxygens (including phenoxy) is 2. The number of nitrogens with zero attached hydrogens (tertiary/aromatic N) is 5. The Morgan fingerprint density at radius 2 is 1.78 bits per heavy atom. The van der Waals surface area contributed by atoms with Gasteiger partial charge in [-0.1, -0.05) is 58.0 Å². The van der Waals surface area contributed by atoms with Crippen molar-refractivity contribution in [3.8, 4) is 28.3 Å². The van der Waals surface area contributed by atoms with E-state index < -0.39 is 16.9 Å². The third kappa shape index (κ3) is 4.30. The molecular formula is C27H31N5O4. The number of hydrogen-bond donors (Lipinski definition) is 1. The first-order chi connectivity index (χ1) is 17.1. The van der Waals surface area contributed by atoms with Gasteiger partial charge in [0.2, 0.25) is 0 Å². The Kier molecular flexibility index (Phi) is 6.77. The second kappa shape index (κ2) is 9.66. The third-order valence-corrected chi connectivity index (χ3v) is 6.54. The highest BCUT2D eigenvalue weighted by Gasteiger charge is 2.54. The minimum absolute atomic E-state index is 0.126. The van der Waals surface area contributed by atoms with E-state index in [2.05, 4.69) is 20.5 Å². The molecule has 1 N–H and O–H groups in total. The van der Waals surface area contributed by atoms with Gasteiger partial charge in [0.15, 0.2) is 12.3 Å². The summed E-state index contributed by atoms with van der Waals surface area (Å²) in [6.45, 7) is 9.64. The molecule has 2 heterocycles. The summed E-state index contributed by atoms with van der Waals surface area (Å²) in [5, 5.41) is 28.6. The largest absolute Gasteiger partial charge is 0.479 e. The van der Waals surface area contributed by atoms with Crippen LogP contribution in [-0.2, 0) is 15.1 Å². The number of carboxylic acid groups (broad SMARTS) is 1. The van der Waals surface area contributed by atoms with Crippen LogP contribution in [0.15, 0.2) is 54.7 Å². The van der Waals surface area contributed by atoms with E-state index in [0.717, 1.165) is 22.0 Å². The first-order valence-corrected chi connectivity index (χ1v) is 11.7. The highest BCUT2D eigenvalue weighted by molar-refractivity contribution is 5.86. The van der Waals surface area contributed by atoms with E-state index in [0.29, 0.717) is 17.1 Å². The fraction of sp³-hybridized carbons (Fsp3) is 0.370. The zero-order valence-corrected chi connectivity index (χ0v) is 21.4. The van der Waals surface area contributed by atoms with Crippen LogP contribution < -0.4 is 4.74 Å². The number of fused-ring (bicyclic) bond motifs is 1. The molecule has 4 aromatic rings. The van der Waals surface area contributed by atoms with Crippen molar-refractivity contribution in [3.05, 3.63) is 54.7 Å². The van der Waals surface area contributed by atoms with Gasteiger partial charge in [0.25, 0.3) is 0 Å². The Labute approximate surface area is 210 Å². The van der Waals surface area contributed by atoms with E-state index in [-0.39, 0.29) is 12.7 Å². The molecule has 2 aromatic carbocycles. The fourth-order valence-corrected chi connectivity index (χ4v) is 4.97. The van der Waals surface area contributed by atoms with Gasteiger partial charge in [0, 0.05) is 23.6 Å². The van der Waals surface area contributed by atoms with Gasteiger partial charge >= 0.3 is 5.97 Å². The van der Waals surface area contributed by atoms with Gasteiger partial charge in [0.05, 0.1) is 17.4 Å². The van der Waals surface area contributed by atoms with Crippen molar-refractivity contribution in [2.24, 2.45) is 11.3 Å². The number of carbonyl (C=O) groups is 1. The molecule has 0 aliphatic rings. The number of rotatable bonds is 8. The second-order valence-electron chi connectivity index (χ2n) is 10.1. The Balaban J connectivity index is 1.77. The lowest BCUT2D eigenvalue weighted by Crippen LogP contribution is -2.56. The molecule has 0 aliphatic heterocycles. The van der Waals surface area contributed by atoms with E-state index in [1.807, 2.05) is 83.1 Å². The molecule has 0 bridgehead atoms. The summed E-state index contributed by atoms with van der Waals surface area (Å²) < 4.78 is 12.2. The van der Waals surface area contributed by atoms with Crippen LogP contribution in [0.5, 0.6) is 5.75 Å². The predicted molar refractivity (Wildman–Crippen MR) is 136 cm³/mol. The topological polar surface area (TPSA) is 112 Å². The first-order valence-electron chi connectivity index (χ1n) is 11.7. The van der Waals surface area contributed by atoms with Crippen molar-refractivity contribution >= 4 is 16.9 Å². The van der Waals surface area contributed by atoms with Gasteiger partial charge in [-0.2, -0.15) is 0 Å². The summed E-state index contributed by atoms with van der Waals surface area (Å²) in [4.78, 5) is 12.6. The van der Waals surface area contributed by atoms with E-state index in [1.54, 1.807) is 13.3 Å². The van der Waals surface area contributed by atoms with Crippen LogP contribution in [0.25, 0.3) is 33.4 Å². The number of methoxy groups -OCH3 is 1. The molecule has 2 aromatic heterocycles. The van der Waals surface area contributed by atoms with Crippen molar-refractivity contribution in [2.45, 2.75) is 40.2 Å². The molecule has 0 radical (unpaired) electrons. The molecule has 36 heavy (non-hydrogen) atoms. The highest BCUT2D eigenvalue weighted by Crippen LogP contribution is 2.43. The molecule has 188 valence electrons. The SMILES string of the molecule is COCOc1ccccc1-c1cc2cc(-c3cn([C@@](C(=O)O)(C(C)C)C(C)(C)C)nn3)ccc2nn1. The quantitative estimate of drug-likeness (QED) is 0.343. The molecule has 0 saturated carbocycles. The molecule has 0 unspecified atom stereocenters. The predicted octanol–water partition coefficient (Wildman–Crippen LogP) is 5.02. The summed E-state index contributed by atoms with van der Waals surface area (Å²) in [5.74, 6) is -0.512. The van der Waals surface area contributed by atoms with Crippen LogP contribution in [0.4, 0.5) is 0 Å². The maximum Gasteiger partial charge on any atom is 0.332 e. The van der Waals surface area contributed by atoms with Crippen LogP contribution in [0.3, 0.4) is 0 Å². The molecule has 0 aliphatic carbocycles. The normalized spacial score (nSPS) is 13.6. The lowest BCUT2D eigenvalue weighted by atomic mass is 9.67. The number of carboxylic acids is 1. The average Bonchev–Trinajstić information content (AvgIpc) is 3.31. The summed E-state index contributed by atoms with van der Waals surface area (Å²) in [7, 11) is 1.57. The van der Waals surface area contributed by atoms with Gasteiger partial charge in [0.1, 0.15) is 11.4 Å². The molecule has 0 spiro atoms. The monoisotopic (exact) mass is 489 g/mol. The molecule has 0 fully saturated rings. The minimum atomic E-state index is -1.26. The highest BCUT2D eigenvalue weighted by atomic mass is 16.7. The van der Waals surface area contributed by atoms with E-state index >= 15 is 0 Å². The molecule has 9 nitrogen and oxygen atoms in total. The van der Waals surface area contributed by atoms with Gasteiger partial charge < -0.3 is 14.6 Å². The minimum Gasteiger partial charge on any atom is -0.479 e. The Hall–Kier alpha value is -3.85. The summed E-state index contributed by atoms with van der Waals surface area (Å²) >= 11 is 0. The average molecular weight is 490 g/mol. The van der Waals surface area contributed by atoms with Gasteiger partial charge in [-0.15, -0.1) is 15.3 Å². The van der Waals surface area contributed by atoms with Crippen LogP contribution in [-0.4, -0.2) is 50.2 Å². The lowest BCUT2D eigenvalue weighted by molar-refractivity contribution is -0.159. The van der Waals surface area contributed by atoms with Crippen LogP contribution in [0.1, 0.15) is 34.6 Å². The Morgan fingerprint density at radius 3 is 2.44 bits per heavy atom. The number of hydrogen-bond acceptors (Lipinski definition) is 7. The summed E-state index contributed by atoms with van der Waals surface area (Å²) in [6, 6.07) is 15.2. The number of aromatic nitrogens is 5. The lowest BCUT2D eigenvalue weighted by Gasteiger charge is -2.43. The van der Waals surface area contributed by atoms with E-state index in [4.69, 9.17) is 9.47 Å². The maximum absolute atomic E-state index is 12.6. The molecule has 0 saturated heterocycles. The number of para-hydroxylation sites is 1. The molecule has 0 amide bonds. The Bertz CT molecular complexity index is 1390. The zero-order valence-electron chi connectivity index (χ0n) is 21.4. The van der Waals surface area contributed by atoms with Crippen LogP contribution >= 0.6 is 0 Å². The van der Waals surface area contributed by atoms with Crippen molar-refractivity contribution in [2.75, 3.05) is 13.9 Å². The number of benzene rings is 2. The van der Waals surface area contributed by atoms with Crippen LogP contribution in [0, 0.1) is 11.3 Å². The maximum atomic E-state index is 12.6. The summed E-state index contributed by atoms with van der Waals surface area (Å²) in [5.41, 5.74) is 1.69. The van der Waals surface area contributed by atoms with Crippen LogP contribution in [0.2, 0.25) is 0 Å². The van der Waals surface area contributed by atoms with Crippen molar-refractivity contribution in [3.63, 3.8) is 0 Å². The standard InChI is InChI=1S/C27H31N5O4/c1-17(2)27(25(33)34,26(3,4)5)32-15-23(30-31-32)18-11-12-21-19(13-18)14-22(29-28-21)20-9-7-8-10-24(20)36-16-35-6/h7-15,17H,16H2,1-6H3,(H,33,34)/t27-/m1/s1. The van der Waals surface area contributed by atoms with Crippen molar-refractivity contribution in [1.29, 1.82) is 0 Å². The van der Waals surface area contributed by atoms with E-state index in [9.17, 15) is 9.90 Å². The second-order valence-corrected chi connectivity index (χ2v) is 10.1. The van der Waals surface area contributed by atoms with Gasteiger partial charge in [-0.05, 0) is 41.7 Å². The molecule has 1 atom stereocenters. The molecule has 4 rings (SSSR count). The smallest absolute Gasteiger partial charge is 0.332 e. The first kappa shape index (κ1) is 25.2. The fourth-order valence-electron chi connectivity index (χ4n) is 4.97. The third-order valence-electron chi connectivity index (χ3n) is 6.54. The Morgan fingerprint density at radius 1 is 1.03 bits per heavy atom.